The van der Waals surface area contributed by atoms with E-state index in [1.807, 2.05) is 43.5 Å². The summed E-state index contributed by atoms with van der Waals surface area (Å²) in [5.74, 6) is 1.50. The van der Waals surface area contributed by atoms with Gasteiger partial charge in [-0.1, -0.05) is 12.1 Å². The van der Waals surface area contributed by atoms with Crippen LogP contribution < -0.4 is 11.1 Å². The highest BCUT2D eigenvalue weighted by Crippen LogP contribution is 2.51. The van der Waals surface area contributed by atoms with Crippen molar-refractivity contribution in [2.45, 2.75) is 31.6 Å². The van der Waals surface area contributed by atoms with Gasteiger partial charge in [0.15, 0.2) is 11.6 Å². The Labute approximate surface area is 218 Å². The molecule has 182 valence electrons. The van der Waals surface area contributed by atoms with E-state index in [2.05, 4.69) is 36.4 Å². The van der Waals surface area contributed by atoms with E-state index in [1.165, 1.54) is 22.7 Å². The van der Waals surface area contributed by atoms with Crippen LogP contribution in [0.3, 0.4) is 0 Å². The molecule has 10 heteroatoms. The van der Waals surface area contributed by atoms with Crippen LogP contribution in [-0.4, -0.2) is 29.9 Å². The number of nitrogens with zero attached hydrogens (tertiary/aromatic N) is 4. The van der Waals surface area contributed by atoms with Gasteiger partial charge in [0.2, 0.25) is 0 Å². The fraction of sp³-hybridized carbons (Fsp3) is 0.185. The van der Waals surface area contributed by atoms with E-state index in [9.17, 15) is 9.59 Å². The highest BCUT2D eigenvalue weighted by Gasteiger charge is 2.36. The molecule has 0 aliphatic heterocycles. The Kier molecular flexibility index (Phi) is 5.12. The van der Waals surface area contributed by atoms with Gasteiger partial charge in [0.05, 0.1) is 11.0 Å². The molecule has 7 rings (SSSR count). The minimum Gasteiger partial charge on any atom is -0.304 e. The zero-order valence-corrected chi connectivity index (χ0v) is 21.3. The summed E-state index contributed by atoms with van der Waals surface area (Å²) in [7, 11) is 0. The largest absolute Gasteiger partial charge is 0.304 e. The van der Waals surface area contributed by atoms with E-state index >= 15 is 0 Å². The molecule has 0 aromatic carbocycles. The van der Waals surface area contributed by atoms with Gasteiger partial charge in [-0.15, -0.1) is 22.7 Å². The van der Waals surface area contributed by atoms with E-state index in [0.717, 1.165) is 34.4 Å². The van der Waals surface area contributed by atoms with Crippen molar-refractivity contribution >= 4 is 43.1 Å². The molecule has 1 fully saturated rings. The van der Waals surface area contributed by atoms with Gasteiger partial charge in [-0.2, -0.15) is 0 Å². The summed E-state index contributed by atoms with van der Waals surface area (Å²) in [6.45, 7) is 1.97. The predicted octanol–water partition coefficient (Wildman–Crippen LogP) is 5.38. The van der Waals surface area contributed by atoms with Gasteiger partial charge in [-0.25, -0.2) is 9.97 Å². The monoisotopic (exact) mass is 524 g/mol. The number of pyridine rings is 2. The van der Waals surface area contributed by atoms with Crippen LogP contribution in [0, 0.1) is 6.92 Å². The summed E-state index contributed by atoms with van der Waals surface area (Å²) < 4.78 is 1.28. The summed E-state index contributed by atoms with van der Waals surface area (Å²) in [6, 6.07) is 11.5. The molecule has 1 saturated carbocycles. The summed E-state index contributed by atoms with van der Waals surface area (Å²) >= 11 is 2.88. The average Bonchev–Trinajstić information content (AvgIpc) is 3.48. The van der Waals surface area contributed by atoms with Gasteiger partial charge in [0.25, 0.3) is 11.1 Å². The Morgan fingerprint density at radius 2 is 1.68 bits per heavy atom. The molecule has 2 atom stereocenters. The van der Waals surface area contributed by atoms with E-state index < -0.39 is 0 Å². The zero-order valence-electron chi connectivity index (χ0n) is 19.7. The zero-order chi connectivity index (χ0) is 25.1. The summed E-state index contributed by atoms with van der Waals surface area (Å²) in [4.78, 5) is 50.5. The lowest BCUT2D eigenvalue weighted by atomic mass is 9.67. The first-order valence-corrected chi connectivity index (χ1v) is 13.6. The lowest BCUT2D eigenvalue weighted by Gasteiger charge is -2.36. The molecule has 0 saturated heterocycles. The molecule has 0 spiro atoms. The Morgan fingerprint density at radius 3 is 2.41 bits per heavy atom. The van der Waals surface area contributed by atoms with Crippen molar-refractivity contribution in [2.75, 3.05) is 0 Å². The van der Waals surface area contributed by atoms with E-state index in [0.29, 0.717) is 38.0 Å². The quantitative estimate of drug-likeness (QED) is 0.320. The lowest BCUT2D eigenvalue weighted by molar-refractivity contribution is 0.348. The third kappa shape index (κ3) is 3.71. The normalized spacial score (nSPS) is 17.3. The lowest BCUT2D eigenvalue weighted by Crippen LogP contribution is -2.22. The molecule has 0 amide bonds. The number of aromatic nitrogens is 6. The summed E-state index contributed by atoms with van der Waals surface area (Å²) in [6.07, 6.45) is 5.63. The fourth-order valence-corrected chi connectivity index (χ4v) is 6.86. The number of fused-ring (bicyclic) bond motifs is 2. The number of H-pyrrole nitrogens is 2. The third-order valence-corrected chi connectivity index (χ3v) is 9.02. The van der Waals surface area contributed by atoms with Crippen LogP contribution in [0.5, 0.6) is 0 Å². The second-order valence-corrected chi connectivity index (χ2v) is 11.4. The number of thiophene rings is 2. The molecule has 6 aromatic rings. The Bertz CT molecular complexity index is 1900. The first-order chi connectivity index (χ1) is 18.0. The smallest absolute Gasteiger partial charge is 0.269 e. The van der Waals surface area contributed by atoms with Crippen molar-refractivity contribution in [1.82, 2.24) is 29.9 Å². The van der Waals surface area contributed by atoms with Crippen LogP contribution in [0.2, 0.25) is 0 Å². The van der Waals surface area contributed by atoms with Crippen molar-refractivity contribution < 1.29 is 0 Å². The van der Waals surface area contributed by atoms with Crippen LogP contribution in [0.1, 0.15) is 40.7 Å². The molecule has 2 unspecified atom stereocenters. The van der Waals surface area contributed by atoms with Crippen LogP contribution in [0.4, 0.5) is 0 Å². The molecular formula is C27H20N6O2S2. The fourth-order valence-electron chi connectivity index (χ4n) is 5.05. The van der Waals surface area contributed by atoms with Crippen molar-refractivity contribution in [3.05, 3.63) is 90.9 Å². The second kappa shape index (κ2) is 8.53. The molecule has 0 bridgehead atoms. The number of rotatable bonds is 4. The van der Waals surface area contributed by atoms with Crippen LogP contribution in [0.15, 0.2) is 63.8 Å². The Hall–Kier alpha value is -4.02. The van der Waals surface area contributed by atoms with Crippen LogP contribution in [-0.2, 0) is 0 Å². The number of nitrogens with one attached hydrogen (secondary N) is 2. The molecule has 6 aromatic heterocycles. The second-order valence-electron chi connectivity index (χ2n) is 9.25. The number of hydrogen-bond donors (Lipinski definition) is 2. The molecule has 6 heterocycles. The maximum Gasteiger partial charge on any atom is 0.269 e. The first kappa shape index (κ1) is 22.2. The molecule has 2 N–H and O–H groups in total. The van der Waals surface area contributed by atoms with Crippen molar-refractivity contribution in [3.63, 3.8) is 0 Å². The Balaban J connectivity index is 1.21. The van der Waals surface area contributed by atoms with Crippen LogP contribution >= 0.6 is 22.7 Å². The Morgan fingerprint density at radius 1 is 0.892 bits per heavy atom. The van der Waals surface area contributed by atoms with Gasteiger partial charge in [-0.05, 0) is 72.4 Å². The summed E-state index contributed by atoms with van der Waals surface area (Å²) in [5, 5.41) is 2.07. The highest BCUT2D eigenvalue weighted by molar-refractivity contribution is 7.18. The molecular weight excluding hydrogens is 504 g/mol. The maximum atomic E-state index is 12.8. The topological polar surface area (TPSA) is 117 Å². The first-order valence-electron chi connectivity index (χ1n) is 11.9. The minimum atomic E-state index is -0.139. The summed E-state index contributed by atoms with van der Waals surface area (Å²) in [5.41, 5.74) is 4.69. The standard InChI is InChI=1S/C27H20N6O2S2/c1-13-10-20-22(37-13)26(34)32-24(30-20)19-8-5-14(11-29-19)15-6-7-16(15)17-12-36-23-21(17)31-25(33-27(23)35)18-4-2-3-9-28-18/h2-5,8-12,15-16H,6-7H2,1H3,(H,30,32,34)(H,31,33,35). The predicted molar refractivity (Wildman–Crippen MR) is 146 cm³/mol. The third-order valence-electron chi connectivity index (χ3n) is 7.00. The molecule has 0 radical (unpaired) electrons. The number of aromatic amines is 2. The van der Waals surface area contributed by atoms with E-state index in [-0.39, 0.29) is 23.0 Å². The van der Waals surface area contributed by atoms with E-state index in [1.54, 1.807) is 6.20 Å². The maximum absolute atomic E-state index is 12.8. The highest BCUT2D eigenvalue weighted by atomic mass is 32.1. The number of hydrogen-bond acceptors (Lipinski definition) is 8. The SMILES string of the molecule is Cc1cc2nc(-c3ccc(C4CCC4c4csc5c(=O)[nH]c(-c6ccccn6)nc45)cn3)[nH]c(=O)c2s1. The van der Waals surface area contributed by atoms with E-state index in [4.69, 9.17) is 4.98 Å². The van der Waals surface area contributed by atoms with Gasteiger partial charge in [0.1, 0.15) is 20.8 Å². The molecule has 1 aliphatic carbocycles. The number of aryl methyl sites for hydroxylation is 1. The van der Waals surface area contributed by atoms with Crippen LogP contribution in [0.25, 0.3) is 43.5 Å². The van der Waals surface area contributed by atoms with Crippen molar-refractivity contribution in [1.29, 1.82) is 0 Å². The van der Waals surface area contributed by atoms with Gasteiger partial charge in [-0.3, -0.25) is 19.6 Å². The molecule has 8 nitrogen and oxygen atoms in total. The van der Waals surface area contributed by atoms with Gasteiger partial charge >= 0.3 is 0 Å². The molecule has 37 heavy (non-hydrogen) atoms. The van der Waals surface area contributed by atoms with Gasteiger partial charge < -0.3 is 9.97 Å². The molecule has 1 aliphatic rings. The van der Waals surface area contributed by atoms with Crippen molar-refractivity contribution in [3.8, 4) is 23.0 Å². The average molecular weight is 525 g/mol. The van der Waals surface area contributed by atoms with Crippen molar-refractivity contribution in [2.24, 2.45) is 0 Å². The minimum absolute atomic E-state index is 0.136. The van der Waals surface area contributed by atoms with Gasteiger partial charge in [0, 0.05) is 17.3 Å².